The summed E-state index contributed by atoms with van der Waals surface area (Å²) in [6.45, 7) is 5.49. The number of H-pyrrole nitrogens is 1. The van der Waals surface area contributed by atoms with E-state index in [0.29, 0.717) is 40.0 Å². The zero-order chi connectivity index (χ0) is 20.1. The number of hydrogen-bond acceptors (Lipinski definition) is 7. The highest BCUT2D eigenvalue weighted by atomic mass is 32.2. The Bertz CT molecular complexity index is 979. The summed E-state index contributed by atoms with van der Waals surface area (Å²) in [5.74, 6) is -0.127. The van der Waals surface area contributed by atoms with Crippen LogP contribution in [0.1, 0.15) is 50.5 Å². The molecule has 0 fully saturated rings. The van der Waals surface area contributed by atoms with Crippen molar-refractivity contribution in [3.05, 3.63) is 64.3 Å². The highest BCUT2D eigenvalue weighted by molar-refractivity contribution is 7.99. The minimum absolute atomic E-state index is 0.0809. The van der Waals surface area contributed by atoms with Crippen molar-refractivity contribution in [3.63, 3.8) is 0 Å². The van der Waals surface area contributed by atoms with Crippen molar-refractivity contribution in [3.8, 4) is 0 Å². The molecule has 1 aromatic carbocycles. The Balaban J connectivity index is 1.67. The van der Waals surface area contributed by atoms with Gasteiger partial charge in [0.25, 0.3) is 5.22 Å². The standard InChI is InChI=1S/C20H21N3O4S/c1-4-26-19(25)18-13(3)21-12(2)17(18)15(24)11-28-20-23-22-16(27-20)10-14-8-6-5-7-9-14/h5-9,21H,4,10-11H2,1-3H3. The van der Waals surface area contributed by atoms with Gasteiger partial charge in [0.05, 0.1) is 29.9 Å². The number of Topliss-reactive ketones (excluding diaryl/α,β-unsaturated/α-hetero) is 1. The van der Waals surface area contributed by atoms with Crippen LogP contribution in [0.15, 0.2) is 40.0 Å². The van der Waals surface area contributed by atoms with Gasteiger partial charge in [-0.1, -0.05) is 42.1 Å². The van der Waals surface area contributed by atoms with Gasteiger partial charge in [0.15, 0.2) is 5.78 Å². The van der Waals surface area contributed by atoms with Crippen molar-refractivity contribution in [2.24, 2.45) is 0 Å². The highest BCUT2D eigenvalue weighted by Crippen LogP contribution is 2.24. The minimum atomic E-state index is -0.499. The lowest BCUT2D eigenvalue weighted by molar-refractivity contribution is 0.0522. The smallest absolute Gasteiger partial charge is 0.340 e. The Morgan fingerprint density at radius 3 is 2.54 bits per heavy atom. The highest BCUT2D eigenvalue weighted by Gasteiger charge is 2.25. The molecule has 3 rings (SSSR count). The predicted molar refractivity (Wildman–Crippen MR) is 105 cm³/mol. The van der Waals surface area contributed by atoms with Gasteiger partial charge in [-0.3, -0.25) is 4.79 Å². The molecule has 0 amide bonds. The fraction of sp³-hybridized carbons (Fsp3) is 0.300. The molecule has 0 saturated carbocycles. The molecular formula is C20H21N3O4S. The summed E-state index contributed by atoms with van der Waals surface area (Å²) in [5.41, 5.74) is 2.97. The number of hydrogen-bond donors (Lipinski definition) is 1. The van der Waals surface area contributed by atoms with E-state index in [1.807, 2.05) is 30.3 Å². The van der Waals surface area contributed by atoms with Crippen LogP contribution in [0.2, 0.25) is 0 Å². The number of esters is 1. The number of rotatable bonds is 8. The second-order valence-corrected chi connectivity index (χ2v) is 7.11. The van der Waals surface area contributed by atoms with Gasteiger partial charge >= 0.3 is 5.97 Å². The Morgan fingerprint density at radius 1 is 1.11 bits per heavy atom. The number of aromatic nitrogens is 3. The summed E-state index contributed by atoms with van der Waals surface area (Å²) in [6.07, 6.45) is 0.533. The van der Waals surface area contributed by atoms with Crippen LogP contribution in [0.3, 0.4) is 0 Å². The van der Waals surface area contributed by atoms with Crippen molar-refractivity contribution in [2.75, 3.05) is 12.4 Å². The van der Waals surface area contributed by atoms with Gasteiger partial charge in [0.1, 0.15) is 0 Å². The van der Waals surface area contributed by atoms with Crippen molar-refractivity contribution in [1.82, 2.24) is 15.2 Å². The number of aromatic amines is 1. The van der Waals surface area contributed by atoms with Gasteiger partial charge in [0.2, 0.25) is 5.89 Å². The molecule has 0 saturated heterocycles. The van der Waals surface area contributed by atoms with Gasteiger partial charge in [-0.05, 0) is 26.3 Å². The molecule has 0 unspecified atom stereocenters. The average Bonchev–Trinajstić information content (AvgIpc) is 3.24. The SMILES string of the molecule is CCOC(=O)c1c(C)[nH]c(C)c1C(=O)CSc1nnc(Cc2ccccc2)o1. The number of carbonyl (C=O) groups is 2. The molecule has 28 heavy (non-hydrogen) atoms. The number of aryl methyl sites for hydroxylation is 2. The van der Waals surface area contributed by atoms with E-state index in [1.54, 1.807) is 20.8 Å². The summed E-state index contributed by atoms with van der Waals surface area (Å²) in [4.78, 5) is 28.0. The lowest BCUT2D eigenvalue weighted by Crippen LogP contribution is -2.13. The summed E-state index contributed by atoms with van der Waals surface area (Å²) in [7, 11) is 0. The molecule has 2 aromatic heterocycles. The second kappa shape index (κ2) is 8.88. The Kier molecular flexibility index (Phi) is 6.30. The number of thioether (sulfide) groups is 1. The maximum absolute atomic E-state index is 12.7. The first-order chi connectivity index (χ1) is 13.5. The molecule has 8 heteroatoms. The van der Waals surface area contributed by atoms with Crippen molar-refractivity contribution < 1.29 is 18.7 Å². The number of nitrogens with one attached hydrogen (secondary N) is 1. The summed E-state index contributed by atoms with van der Waals surface area (Å²) >= 11 is 1.15. The Morgan fingerprint density at radius 2 is 1.82 bits per heavy atom. The van der Waals surface area contributed by atoms with E-state index in [9.17, 15) is 9.59 Å². The first kappa shape index (κ1) is 19.9. The lowest BCUT2D eigenvalue weighted by Gasteiger charge is -2.05. The van der Waals surface area contributed by atoms with Crippen LogP contribution in [0.5, 0.6) is 0 Å². The van der Waals surface area contributed by atoms with Crippen LogP contribution in [0.4, 0.5) is 0 Å². The van der Waals surface area contributed by atoms with Crippen LogP contribution >= 0.6 is 11.8 Å². The molecule has 0 spiro atoms. The largest absolute Gasteiger partial charge is 0.462 e. The van der Waals surface area contributed by atoms with Gasteiger partial charge in [-0.2, -0.15) is 0 Å². The third kappa shape index (κ3) is 4.51. The third-order valence-corrected chi connectivity index (χ3v) is 4.93. The van der Waals surface area contributed by atoms with Crippen LogP contribution in [0.25, 0.3) is 0 Å². The van der Waals surface area contributed by atoms with Crippen LogP contribution in [-0.4, -0.2) is 39.3 Å². The number of carbonyl (C=O) groups excluding carboxylic acids is 2. The fourth-order valence-corrected chi connectivity index (χ4v) is 3.58. The lowest BCUT2D eigenvalue weighted by atomic mass is 10.1. The molecule has 0 bridgehead atoms. The van der Waals surface area contributed by atoms with E-state index >= 15 is 0 Å². The number of ether oxygens (including phenoxy) is 1. The van der Waals surface area contributed by atoms with E-state index in [4.69, 9.17) is 9.15 Å². The summed E-state index contributed by atoms with van der Waals surface area (Å²) in [5, 5.41) is 8.33. The zero-order valence-corrected chi connectivity index (χ0v) is 16.8. The number of nitrogens with zero attached hydrogens (tertiary/aromatic N) is 2. The average molecular weight is 399 g/mol. The summed E-state index contributed by atoms with van der Waals surface area (Å²) in [6, 6.07) is 9.80. The molecule has 7 nitrogen and oxygen atoms in total. The fourth-order valence-electron chi connectivity index (χ4n) is 2.93. The number of ketones is 1. The number of benzene rings is 1. The molecule has 3 aromatic rings. The molecule has 0 aliphatic rings. The first-order valence-corrected chi connectivity index (χ1v) is 9.86. The van der Waals surface area contributed by atoms with E-state index in [0.717, 1.165) is 17.3 Å². The predicted octanol–water partition coefficient (Wildman–Crippen LogP) is 3.76. The Labute approximate surface area is 166 Å². The summed E-state index contributed by atoms with van der Waals surface area (Å²) < 4.78 is 10.7. The van der Waals surface area contributed by atoms with Gasteiger partial charge in [-0.15, -0.1) is 10.2 Å². The van der Waals surface area contributed by atoms with Crippen LogP contribution in [-0.2, 0) is 11.2 Å². The third-order valence-electron chi connectivity index (χ3n) is 4.11. The van der Waals surface area contributed by atoms with Crippen molar-refractivity contribution in [1.29, 1.82) is 0 Å². The first-order valence-electron chi connectivity index (χ1n) is 8.88. The van der Waals surface area contributed by atoms with Gasteiger partial charge in [0, 0.05) is 11.4 Å². The van der Waals surface area contributed by atoms with Gasteiger partial charge < -0.3 is 14.1 Å². The van der Waals surface area contributed by atoms with E-state index in [1.165, 1.54) is 0 Å². The maximum atomic E-state index is 12.7. The van der Waals surface area contributed by atoms with Crippen LogP contribution < -0.4 is 0 Å². The van der Waals surface area contributed by atoms with E-state index in [2.05, 4.69) is 15.2 Å². The Hall–Kier alpha value is -2.87. The molecule has 0 aliphatic heterocycles. The molecule has 0 aliphatic carbocycles. The van der Waals surface area contributed by atoms with E-state index in [-0.39, 0.29) is 18.1 Å². The molecule has 146 valence electrons. The monoisotopic (exact) mass is 399 g/mol. The topological polar surface area (TPSA) is 98.1 Å². The quantitative estimate of drug-likeness (QED) is 0.350. The molecule has 1 N–H and O–H groups in total. The maximum Gasteiger partial charge on any atom is 0.340 e. The van der Waals surface area contributed by atoms with E-state index < -0.39 is 5.97 Å². The van der Waals surface area contributed by atoms with Crippen LogP contribution in [0, 0.1) is 13.8 Å². The van der Waals surface area contributed by atoms with Gasteiger partial charge in [-0.25, -0.2) is 4.79 Å². The molecular weight excluding hydrogens is 378 g/mol. The second-order valence-electron chi connectivity index (χ2n) is 6.18. The molecule has 0 atom stereocenters. The normalized spacial score (nSPS) is 10.8. The minimum Gasteiger partial charge on any atom is -0.462 e. The van der Waals surface area contributed by atoms with Crippen molar-refractivity contribution >= 4 is 23.5 Å². The zero-order valence-electron chi connectivity index (χ0n) is 15.9. The molecule has 0 radical (unpaired) electrons. The van der Waals surface area contributed by atoms with Crippen molar-refractivity contribution in [2.45, 2.75) is 32.4 Å². The molecule has 2 heterocycles.